The summed E-state index contributed by atoms with van der Waals surface area (Å²) in [6, 6.07) is 8.51. The van der Waals surface area contributed by atoms with Gasteiger partial charge in [-0.05, 0) is 18.1 Å². The maximum absolute atomic E-state index is 12.1. The Balaban J connectivity index is 1.50. The summed E-state index contributed by atoms with van der Waals surface area (Å²) in [5.74, 6) is -2.75. The molecule has 3 rings (SSSR count). The van der Waals surface area contributed by atoms with Crippen LogP contribution in [-0.4, -0.2) is 60.8 Å². The van der Waals surface area contributed by atoms with Crippen LogP contribution in [0.25, 0.3) is 0 Å². The van der Waals surface area contributed by atoms with Gasteiger partial charge in [-0.1, -0.05) is 30.3 Å². The van der Waals surface area contributed by atoms with Crippen LogP contribution in [0.1, 0.15) is 11.8 Å². The fourth-order valence-corrected chi connectivity index (χ4v) is 3.60. The quantitative estimate of drug-likeness (QED) is 0.0733. The topological polar surface area (TPSA) is 251 Å². The van der Waals surface area contributed by atoms with Crippen molar-refractivity contribution in [3.05, 3.63) is 58.6 Å². The van der Waals surface area contributed by atoms with E-state index in [2.05, 4.69) is 14.6 Å². The van der Waals surface area contributed by atoms with Crippen molar-refractivity contribution in [3.63, 3.8) is 0 Å². The van der Waals surface area contributed by atoms with Crippen LogP contribution in [0, 0.1) is 0 Å². The van der Waals surface area contributed by atoms with E-state index in [0.29, 0.717) is 5.56 Å². The highest BCUT2D eigenvalue weighted by Gasteiger charge is 2.45. The van der Waals surface area contributed by atoms with Crippen LogP contribution in [0.2, 0.25) is 0 Å². The van der Waals surface area contributed by atoms with E-state index in [1.165, 1.54) is 17.4 Å². The number of Topliss-reactive ketones (excluding diaryl/α,β-unsaturated/α-hetero) is 1. The molecule has 1 aromatic heterocycles. The molecule has 6 atom stereocenters. The van der Waals surface area contributed by atoms with Gasteiger partial charge in [-0.2, -0.15) is 4.98 Å². The summed E-state index contributed by atoms with van der Waals surface area (Å²) in [4.78, 5) is 53.5. The van der Waals surface area contributed by atoms with E-state index < -0.39 is 55.8 Å². The van der Waals surface area contributed by atoms with E-state index in [4.69, 9.17) is 16.2 Å². The fraction of sp³-hybridized carbons (Fsp3) is 0.333. The van der Waals surface area contributed by atoms with Gasteiger partial charge >= 0.3 is 13.4 Å². The number of nitrogens with one attached hydrogen (secondary N) is 2. The predicted molar refractivity (Wildman–Crippen MR) is 115 cm³/mol. The number of ketones is 1. The van der Waals surface area contributed by atoms with Crippen LogP contribution in [0.4, 0.5) is 5.82 Å². The third-order valence-electron chi connectivity index (χ3n) is 4.77. The number of nitrogens with zero attached hydrogens (tertiary/aromatic N) is 2. The summed E-state index contributed by atoms with van der Waals surface area (Å²) >= 11 is 0. The number of aliphatic hydroxyl groups is 2. The smallest absolute Gasteiger partial charge is 0.386 e. The number of ether oxygens (including phenoxy) is 1. The van der Waals surface area contributed by atoms with Crippen molar-refractivity contribution < 1.29 is 43.7 Å². The molecular formula is C18H23N6O10P. The number of carbonyl (C=O) groups excluding carboxylic acids is 2. The van der Waals surface area contributed by atoms with Crippen molar-refractivity contribution in [1.82, 2.24) is 20.1 Å². The van der Waals surface area contributed by atoms with E-state index in [0.717, 1.165) is 4.57 Å². The van der Waals surface area contributed by atoms with Gasteiger partial charge in [0.25, 0.3) is 5.91 Å². The third kappa shape index (κ3) is 6.76. The minimum Gasteiger partial charge on any atom is -0.386 e. The highest BCUT2D eigenvalue weighted by molar-refractivity contribution is 7.51. The molecule has 2 aromatic rings. The SMILES string of the molecule is Nc1ccn([C@@H]2O[C@H](NOOP(=O)(O)NC(=O)C(=O)[C@@H](N)Cc3ccccc3)[C@@H](O)[C@H]2O)c(=O)n1. The molecule has 190 valence electrons. The Morgan fingerprint density at radius 1 is 1.23 bits per heavy atom. The van der Waals surface area contributed by atoms with Crippen LogP contribution in [0.3, 0.4) is 0 Å². The van der Waals surface area contributed by atoms with Crippen LogP contribution in [0.5, 0.6) is 0 Å². The molecule has 0 aliphatic carbocycles. The lowest BCUT2D eigenvalue weighted by Crippen LogP contribution is -2.43. The summed E-state index contributed by atoms with van der Waals surface area (Å²) in [6.45, 7) is 0. The summed E-state index contributed by atoms with van der Waals surface area (Å²) in [7, 11) is -5.04. The minimum absolute atomic E-state index is 0.00868. The Morgan fingerprint density at radius 2 is 1.91 bits per heavy atom. The normalized spacial score (nSPS) is 24.5. The number of amides is 1. The number of carbonyl (C=O) groups is 2. The van der Waals surface area contributed by atoms with Crippen LogP contribution >= 0.6 is 7.75 Å². The summed E-state index contributed by atoms with van der Waals surface area (Å²) in [5.41, 5.74) is 12.8. The number of benzene rings is 1. The first kappa shape index (κ1) is 26.6. The fourth-order valence-electron chi connectivity index (χ4n) is 3.06. The molecule has 1 saturated heterocycles. The summed E-state index contributed by atoms with van der Waals surface area (Å²) in [5, 5.41) is 21.7. The molecule has 1 aromatic carbocycles. The Bertz CT molecular complexity index is 1160. The zero-order valence-corrected chi connectivity index (χ0v) is 18.7. The highest BCUT2D eigenvalue weighted by atomic mass is 31.2. The number of hydroxylamine groups is 1. The molecule has 1 aliphatic heterocycles. The van der Waals surface area contributed by atoms with Crippen molar-refractivity contribution in [2.24, 2.45) is 5.73 Å². The first-order valence-corrected chi connectivity index (χ1v) is 11.5. The van der Waals surface area contributed by atoms with Gasteiger partial charge in [-0.15, -0.1) is 15.1 Å². The van der Waals surface area contributed by atoms with Crippen molar-refractivity contribution in [1.29, 1.82) is 0 Å². The van der Waals surface area contributed by atoms with Gasteiger partial charge in [0.2, 0.25) is 5.78 Å². The molecule has 1 fully saturated rings. The number of nitrogen functional groups attached to an aromatic ring is 1. The number of nitrogens with two attached hydrogens (primary N) is 2. The third-order valence-corrected chi connectivity index (χ3v) is 5.53. The van der Waals surface area contributed by atoms with E-state index in [9.17, 15) is 34.1 Å². The number of aliphatic hydroxyl groups excluding tert-OH is 2. The van der Waals surface area contributed by atoms with Crippen molar-refractivity contribution >= 4 is 25.3 Å². The molecule has 1 unspecified atom stereocenters. The number of aromatic nitrogens is 2. The second-order valence-electron chi connectivity index (χ2n) is 7.37. The highest BCUT2D eigenvalue weighted by Crippen LogP contribution is 2.37. The zero-order chi connectivity index (χ0) is 25.8. The molecule has 2 heterocycles. The first-order chi connectivity index (χ1) is 16.5. The molecule has 0 spiro atoms. The van der Waals surface area contributed by atoms with Crippen LogP contribution < -0.4 is 27.7 Å². The zero-order valence-electron chi connectivity index (χ0n) is 17.8. The summed E-state index contributed by atoms with van der Waals surface area (Å²) < 4.78 is 22.3. The lowest BCUT2D eigenvalue weighted by atomic mass is 10.0. The van der Waals surface area contributed by atoms with Gasteiger partial charge in [0.15, 0.2) is 12.5 Å². The van der Waals surface area contributed by atoms with Crippen molar-refractivity contribution in [2.75, 3.05) is 5.73 Å². The van der Waals surface area contributed by atoms with Crippen LogP contribution in [-0.2, 0) is 35.0 Å². The molecule has 1 amide bonds. The molecule has 0 radical (unpaired) electrons. The molecular weight excluding hydrogens is 491 g/mol. The van der Waals surface area contributed by atoms with Gasteiger partial charge in [-0.25, -0.2) is 9.36 Å². The number of rotatable bonds is 10. The lowest BCUT2D eigenvalue weighted by Gasteiger charge is -2.17. The first-order valence-electron chi connectivity index (χ1n) is 9.94. The number of hydrogen-bond donors (Lipinski definition) is 7. The van der Waals surface area contributed by atoms with Gasteiger partial charge in [0.1, 0.15) is 18.0 Å². The number of hydrogen-bond acceptors (Lipinski definition) is 13. The average molecular weight is 514 g/mol. The van der Waals surface area contributed by atoms with E-state index in [1.54, 1.807) is 30.3 Å². The van der Waals surface area contributed by atoms with Crippen molar-refractivity contribution in [3.8, 4) is 0 Å². The monoisotopic (exact) mass is 514 g/mol. The molecule has 1 aliphatic rings. The van der Waals surface area contributed by atoms with E-state index >= 15 is 0 Å². The van der Waals surface area contributed by atoms with Crippen molar-refractivity contribution in [2.45, 2.75) is 37.1 Å². The van der Waals surface area contributed by atoms with E-state index in [1.807, 2.05) is 5.48 Å². The Morgan fingerprint density at radius 3 is 2.57 bits per heavy atom. The molecule has 0 saturated carbocycles. The van der Waals surface area contributed by atoms with Gasteiger partial charge in [0.05, 0.1) is 6.04 Å². The Labute approximate surface area is 196 Å². The number of anilines is 1. The maximum atomic E-state index is 12.1. The summed E-state index contributed by atoms with van der Waals surface area (Å²) in [6.07, 6.45) is -5.15. The van der Waals surface area contributed by atoms with E-state index in [-0.39, 0.29) is 12.2 Å². The van der Waals surface area contributed by atoms with Gasteiger partial charge in [-0.3, -0.25) is 19.2 Å². The predicted octanol–water partition coefficient (Wildman–Crippen LogP) is -2.79. The standard InChI is InChI=1S/C18H23N6O10P/c19-10(8-9-4-2-1-3-5-9)12(25)15(28)23-35(30,31)34-33-22-16-13(26)14(27)17(32-16)24-7-6-11(20)21-18(24)29/h1-7,10,13-14,16-17,22,26-27H,8,19H2,(H2,20,21,29)(H2,23,28,30,31)/t10-,13-,14+,16-,17+/m0/s1. The van der Waals surface area contributed by atoms with Gasteiger partial charge in [0, 0.05) is 6.20 Å². The lowest BCUT2D eigenvalue weighted by molar-refractivity contribution is -0.299. The second kappa shape index (κ2) is 11.1. The molecule has 17 heteroatoms. The molecule has 0 bridgehead atoms. The second-order valence-corrected chi connectivity index (χ2v) is 8.78. The molecule has 35 heavy (non-hydrogen) atoms. The molecule has 16 nitrogen and oxygen atoms in total. The maximum Gasteiger partial charge on any atom is 0.461 e. The molecule has 9 N–H and O–H groups in total. The minimum atomic E-state index is -5.04. The largest absolute Gasteiger partial charge is 0.461 e. The van der Waals surface area contributed by atoms with Crippen LogP contribution in [0.15, 0.2) is 47.4 Å². The Kier molecular flexibility index (Phi) is 8.44. The van der Waals surface area contributed by atoms with Gasteiger partial charge < -0.3 is 31.3 Å². The average Bonchev–Trinajstić information content (AvgIpc) is 3.07. The Hall–Kier alpha value is -3.05.